The molecular weight excluding hydrogens is 366 g/mol. The number of amides is 1. The van der Waals surface area contributed by atoms with Crippen LogP contribution >= 0.6 is 11.6 Å². The van der Waals surface area contributed by atoms with Gasteiger partial charge in [-0.25, -0.2) is 0 Å². The fourth-order valence-corrected chi connectivity index (χ4v) is 2.98. The lowest BCUT2D eigenvalue weighted by Crippen LogP contribution is -2.29. The third-order valence-electron chi connectivity index (χ3n) is 4.09. The highest BCUT2D eigenvalue weighted by Crippen LogP contribution is 2.28. The molecular formula is C20H20ClN3O3. The standard InChI is InChI=1S/C20H20ClN3O3/c1-26-17-4-3-5-18(27-2)19(17)20(25)24-11-10-23-15-8-9-22-16-12-13(21)6-7-14(15)16/h3-9,12H,10-11H2,1-2H3,(H,22,23)(H,24,25). The van der Waals surface area contributed by atoms with Crippen molar-refractivity contribution in [1.29, 1.82) is 0 Å². The van der Waals surface area contributed by atoms with Gasteiger partial charge in [-0.1, -0.05) is 17.7 Å². The van der Waals surface area contributed by atoms with Gasteiger partial charge in [0, 0.05) is 35.4 Å². The molecule has 0 bridgehead atoms. The van der Waals surface area contributed by atoms with Gasteiger partial charge in [0.15, 0.2) is 0 Å². The lowest BCUT2D eigenvalue weighted by molar-refractivity contribution is 0.0949. The predicted molar refractivity (Wildman–Crippen MR) is 107 cm³/mol. The van der Waals surface area contributed by atoms with Gasteiger partial charge in [-0.15, -0.1) is 0 Å². The molecule has 2 aromatic carbocycles. The SMILES string of the molecule is COc1cccc(OC)c1C(=O)NCCNc1ccnc2cc(Cl)ccc12. The number of carbonyl (C=O) groups excluding carboxylic acids is 1. The Morgan fingerprint density at radius 3 is 2.52 bits per heavy atom. The van der Waals surface area contributed by atoms with Crippen molar-refractivity contribution >= 4 is 34.1 Å². The zero-order chi connectivity index (χ0) is 19.2. The molecule has 1 aromatic heterocycles. The van der Waals surface area contributed by atoms with Crippen molar-refractivity contribution in [1.82, 2.24) is 10.3 Å². The number of nitrogens with one attached hydrogen (secondary N) is 2. The number of hydrogen-bond acceptors (Lipinski definition) is 5. The lowest BCUT2D eigenvalue weighted by atomic mass is 10.1. The van der Waals surface area contributed by atoms with E-state index in [9.17, 15) is 4.79 Å². The Kier molecular flexibility index (Phi) is 5.98. The van der Waals surface area contributed by atoms with Crippen molar-refractivity contribution in [3.8, 4) is 11.5 Å². The molecule has 0 aliphatic heterocycles. The van der Waals surface area contributed by atoms with Gasteiger partial charge >= 0.3 is 0 Å². The Labute approximate surface area is 162 Å². The van der Waals surface area contributed by atoms with E-state index in [1.807, 2.05) is 24.3 Å². The number of halogens is 1. The molecule has 0 spiro atoms. The number of anilines is 1. The molecule has 0 saturated carbocycles. The van der Waals surface area contributed by atoms with E-state index in [1.54, 1.807) is 24.4 Å². The largest absolute Gasteiger partial charge is 0.496 e. The van der Waals surface area contributed by atoms with Gasteiger partial charge in [0.2, 0.25) is 0 Å². The van der Waals surface area contributed by atoms with Gasteiger partial charge in [0.1, 0.15) is 17.1 Å². The first-order valence-electron chi connectivity index (χ1n) is 8.41. The van der Waals surface area contributed by atoms with Crippen LogP contribution < -0.4 is 20.1 Å². The molecule has 140 valence electrons. The number of hydrogen-bond donors (Lipinski definition) is 2. The molecule has 2 N–H and O–H groups in total. The van der Waals surface area contributed by atoms with Crippen LogP contribution in [0.1, 0.15) is 10.4 Å². The molecule has 0 aliphatic rings. The van der Waals surface area contributed by atoms with Crippen LogP contribution in [0.5, 0.6) is 11.5 Å². The average molecular weight is 386 g/mol. The molecule has 3 aromatic rings. The van der Waals surface area contributed by atoms with E-state index in [0.717, 1.165) is 16.6 Å². The molecule has 1 amide bonds. The van der Waals surface area contributed by atoms with Gasteiger partial charge in [-0.05, 0) is 36.4 Å². The van der Waals surface area contributed by atoms with Crippen molar-refractivity contribution in [2.45, 2.75) is 0 Å². The van der Waals surface area contributed by atoms with Gasteiger partial charge in [0.05, 0.1) is 19.7 Å². The van der Waals surface area contributed by atoms with Crippen LogP contribution in [0.2, 0.25) is 5.02 Å². The molecule has 0 fully saturated rings. The van der Waals surface area contributed by atoms with Crippen molar-refractivity contribution in [3.63, 3.8) is 0 Å². The van der Waals surface area contributed by atoms with Gasteiger partial charge in [-0.3, -0.25) is 9.78 Å². The smallest absolute Gasteiger partial charge is 0.258 e. The number of fused-ring (bicyclic) bond motifs is 1. The minimum absolute atomic E-state index is 0.252. The molecule has 6 nitrogen and oxygen atoms in total. The molecule has 0 radical (unpaired) electrons. The van der Waals surface area contributed by atoms with E-state index in [4.69, 9.17) is 21.1 Å². The van der Waals surface area contributed by atoms with Crippen molar-refractivity contribution in [2.75, 3.05) is 32.6 Å². The first-order valence-corrected chi connectivity index (χ1v) is 8.79. The molecule has 0 unspecified atom stereocenters. The van der Waals surface area contributed by atoms with Crippen LogP contribution in [0.15, 0.2) is 48.7 Å². The Balaban J connectivity index is 1.64. The van der Waals surface area contributed by atoms with Gasteiger partial charge < -0.3 is 20.1 Å². The number of ether oxygens (including phenoxy) is 2. The maximum atomic E-state index is 12.5. The Bertz CT molecular complexity index is 940. The highest BCUT2D eigenvalue weighted by Gasteiger charge is 2.17. The van der Waals surface area contributed by atoms with Crippen molar-refractivity contribution < 1.29 is 14.3 Å². The topological polar surface area (TPSA) is 72.5 Å². The lowest BCUT2D eigenvalue weighted by Gasteiger charge is -2.14. The number of nitrogens with zero attached hydrogens (tertiary/aromatic N) is 1. The second-order valence-electron chi connectivity index (χ2n) is 5.74. The Hall–Kier alpha value is -2.99. The fourth-order valence-electron chi connectivity index (χ4n) is 2.81. The van der Waals surface area contributed by atoms with Gasteiger partial charge in [-0.2, -0.15) is 0 Å². The average Bonchev–Trinajstić information content (AvgIpc) is 2.70. The Morgan fingerprint density at radius 2 is 1.81 bits per heavy atom. The molecule has 27 heavy (non-hydrogen) atoms. The highest BCUT2D eigenvalue weighted by atomic mass is 35.5. The Morgan fingerprint density at radius 1 is 1.07 bits per heavy atom. The van der Waals surface area contributed by atoms with Crippen LogP contribution in [-0.4, -0.2) is 38.2 Å². The third-order valence-corrected chi connectivity index (χ3v) is 4.32. The second kappa shape index (κ2) is 8.60. The first kappa shape index (κ1) is 18.8. The number of methoxy groups -OCH3 is 2. The van der Waals surface area contributed by atoms with E-state index < -0.39 is 0 Å². The van der Waals surface area contributed by atoms with Crippen LogP contribution in [0, 0.1) is 0 Å². The van der Waals surface area contributed by atoms with E-state index in [1.165, 1.54) is 14.2 Å². The maximum absolute atomic E-state index is 12.5. The third kappa shape index (κ3) is 4.23. The molecule has 7 heteroatoms. The zero-order valence-electron chi connectivity index (χ0n) is 15.1. The number of benzene rings is 2. The predicted octanol–water partition coefficient (Wildman–Crippen LogP) is 3.75. The molecule has 3 rings (SSSR count). The summed E-state index contributed by atoms with van der Waals surface area (Å²) in [5.41, 5.74) is 2.13. The van der Waals surface area contributed by atoms with Crippen LogP contribution in [-0.2, 0) is 0 Å². The molecule has 0 aliphatic carbocycles. The summed E-state index contributed by atoms with van der Waals surface area (Å²) in [5.74, 6) is 0.686. The first-order chi connectivity index (χ1) is 13.1. The molecule has 1 heterocycles. The van der Waals surface area contributed by atoms with E-state index in [0.29, 0.717) is 35.2 Å². The zero-order valence-corrected chi connectivity index (χ0v) is 15.8. The van der Waals surface area contributed by atoms with Crippen LogP contribution in [0.4, 0.5) is 5.69 Å². The minimum Gasteiger partial charge on any atom is -0.496 e. The normalized spacial score (nSPS) is 10.5. The summed E-state index contributed by atoms with van der Waals surface area (Å²) in [6.07, 6.45) is 1.72. The monoisotopic (exact) mass is 385 g/mol. The van der Waals surface area contributed by atoms with Crippen molar-refractivity contribution in [2.24, 2.45) is 0 Å². The number of aromatic nitrogens is 1. The summed E-state index contributed by atoms with van der Waals surface area (Å²) in [7, 11) is 3.04. The summed E-state index contributed by atoms with van der Waals surface area (Å²) in [6.45, 7) is 0.975. The fraction of sp³-hybridized carbons (Fsp3) is 0.200. The second-order valence-corrected chi connectivity index (χ2v) is 6.18. The van der Waals surface area contributed by atoms with Gasteiger partial charge in [0.25, 0.3) is 5.91 Å². The summed E-state index contributed by atoms with van der Waals surface area (Å²) >= 11 is 6.01. The maximum Gasteiger partial charge on any atom is 0.258 e. The van der Waals surface area contributed by atoms with E-state index in [-0.39, 0.29) is 5.91 Å². The van der Waals surface area contributed by atoms with Crippen LogP contribution in [0.25, 0.3) is 10.9 Å². The number of pyridine rings is 1. The van der Waals surface area contributed by atoms with Crippen molar-refractivity contribution in [3.05, 3.63) is 59.2 Å². The minimum atomic E-state index is -0.252. The van der Waals surface area contributed by atoms with E-state index >= 15 is 0 Å². The van der Waals surface area contributed by atoms with E-state index in [2.05, 4.69) is 15.6 Å². The quantitative estimate of drug-likeness (QED) is 0.606. The summed E-state index contributed by atoms with van der Waals surface area (Å²) in [6, 6.07) is 12.7. The summed E-state index contributed by atoms with van der Waals surface area (Å²) < 4.78 is 10.5. The summed E-state index contributed by atoms with van der Waals surface area (Å²) in [4.78, 5) is 16.9. The highest BCUT2D eigenvalue weighted by molar-refractivity contribution is 6.31. The number of carbonyl (C=O) groups is 1. The summed E-state index contributed by atoms with van der Waals surface area (Å²) in [5, 5.41) is 7.80. The van der Waals surface area contributed by atoms with Crippen LogP contribution in [0.3, 0.4) is 0 Å². The molecule has 0 saturated heterocycles. The number of rotatable bonds is 7. The molecule has 0 atom stereocenters.